The number of esters is 1. The van der Waals surface area contributed by atoms with Crippen LogP contribution >= 0.6 is 0 Å². The zero-order chi connectivity index (χ0) is 21.1. The molecule has 158 valence electrons. The maximum Gasteiger partial charge on any atom is 0.338 e. The normalized spacial score (nSPS) is 25.4. The van der Waals surface area contributed by atoms with E-state index in [2.05, 4.69) is 29.4 Å². The SMILES string of the molecule is CCOC(=O)C1=C(CN2C[C@H](C)C[C@@H](C)C2)NC(=O)N[C@@H]1c1cc(C)ccc1C. The molecule has 6 nitrogen and oxygen atoms in total. The summed E-state index contributed by atoms with van der Waals surface area (Å²) < 4.78 is 5.39. The summed E-state index contributed by atoms with van der Waals surface area (Å²) >= 11 is 0. The molecule has 2 aliphatic heterocycles. The number of carbonyl (C=O) groups excluding carboxylic acids is 2. The van der Waals surface area contributed by atoms with Crippen molar-refractivity contribution in [1.82, 2.24) is 15.5 Å². The summed E-state index contributed by atoms with van der Waals surface area (Å²) in [5.41, 5.74) is 4.21. The van der Waals surface area contributed by atoms with E-state index in [0.29, 0.717) is 36.3 Å². The molecule has 29 heavy (non-hydrogen) atoms. The number of likely N-dealkylation sites (tertiary alicyclic amines) is 1. The highest BCUT2D eigenvalue weighted by Gasteiger charge is 2.35. The quantitative estimate of drug-likeness (QED) is 0.744. The van der Waals surface area contributed by atoms with Crippen LogP contribution in [0.1, 0.15) is 49.9 Å². The van der Waals surface area contributed by atoms with Crippen LogP contribution in [0.2, 0.25) is 0 Å². The molecule has 0 spiro atoms. The van der Waals surface area contributed by atoms with E-state index >= 15 is 0 Å². The number of nitrogens with one attached hydrogen (secondary N) is 2. The van der Waals surface area contributed by atoms with Gasteiger partial charge in [0.25, 0.3) is 0 Å². The van der Waals surface area contributed by atoms with Crippen LogP contribution in [0.25, 0.3) is 0 Å². The first-order valence-corrected chi connectivity index (χ1v) is 10.6. The summed E-state index contributed by atoms with van der Waals surface area (Å²) in [7, 11) is 0. The number of urea groups is 1. The first-order chi connectivity index (χ1) is 13.8. The molecule has 1 aromatic carbocycles. The molecule has 6 heteroatoms. The molecule has 0 bridgehead atoms. The molecule has 0 unspecified atom stereocenters. The lowest BCUT2D eigenvalue weighted by atomic mass is 9.89. The van der Waals surface area contributed by atoms with Gasteiger partial charge in [0.05, 0.1) is 18.2 Å². The number of benzene rings is 1. The second-order valence-electron chi connectivity index (χ2n) is 8.64. The third-order valence-electron chi connectivity index (χ3n) is 5.72. The van der Waals surface area contributed by atoms with Gasteiger partial charge in [0.2, 0.25) is 0 Å². The Balaban J connectivity index is 2.02. The van der Waals surface area contributed by atoms with Gasteiger partial charge >= 0.3 is 12.0 Å². The van der Waals surface area contributed by atoms with Crippen LogP contribution in [0.5, 0.6) is 0 Å². The number of piperidine rings is 1. The van der Waals surface area contributed by atoms with Crippen molar-refractivity contribution < 1.29 is 14.3 Å². The monoisotopic (exact) mass is 399 g/mol. The zero-order valence-electron chi connectivity index (χ0n) is 18.2. The maximum atomic E-state index is 13.0. The highest BCUT2D eigenvalue weighted by atomic mass is 16.5. The summed E-state index contributed by atoms with van der Waals surface area (Å²) in [4.78, 5) is 27.8. The second kappa shape index (κ2) is 8.99. The summed E-state index contributed by atoms with van der Waals surface area (Å²) in [5, 5.41) is 5.85. The zero-order valence-corrected chi connectivity index (χ0v) is 18.2. The molecule has 2 N–H and O–H groups in total. The Morgan fingerprint density at radius 1 is 1.21 bits per heavy atom. The highest BCUT2D eigenvalue weighted by Crippen LogP contribution is 2.31. The molecule has 2 heterocycles. The number of hydrogen-bond acceptors (Lipinski definition) is 4. The van der Waals surface area contributed by atoms with Gasteiger partial charge in [-0.3, -0.25) is 4.90 Å². The van der Waals surface area contributed by atoms with E-state index in [1.807, 2.05) is 32.0 Å². The minimum Gasteiger partial charge on any atom is -0.463 e. The molecule has 3 atom stereocenters. The van der Waals surface area contributed by atoms with Crippen molar-refractivity contribution in [1.29, 1.82) is 0 Å². The Labute approximate surface area is 173 Å². The Morgan fingerprint density at radius 2 is 1.90 bits per heavy atom. The van der Waals surface area contributed by atoms with E-state index < -0.39 is 6.04 Å². The lowest BCUT2D eigenvalue weighted by Gasteiger charge is -2.37. The lowest BCUT2D eigenvalue weighted by molar-refractivity contribution is -0.139. The number of rotatable bonds is 5. The lowest BCUT2D eigenvalue weighted by Crippen LogP contribution is -2.50. The molecular weight excluding hydrogens is 366 g/mol. The van der Waals surface area contributed by atoms with Crippen LogP contribution in [-0.2, 0) is 9.53 Å². The summed E-state index contributed by atoms with van der Waals surface area (Å²) in [5.74, 6) is 0.814. The third kappa shape index (κ3) is 4.99. The molecule has 0 radical (unpaired) electrons. The molecule has 1 aromatic rings. The van der Waals surface area contributed by atoms with Crippen molar-refractivity contribution in [3.63, 3.8) is 0 Å². The van der Waals surface area contributed by atoms with Crippen LogP contribution in [-0.4, -0.2) is 43.1 Å². The minimum atomic E-state index is -0.516. The van der Waals surface area contributed by atoms with Crippen molar-refractivity contribution >= 4 is 12.0 Å². The van der Waals surface area contributed by atoms with Crippen LogP contribution in [0.3, 0.4) is 0 Å². The molecule has 0 saturated carbocycles. The standard InChI is InChI=1S/C23H33N3O3/c1-6-29-22(27)20-19(13-26-11-15(3)9-16(4)12-26)24-23(28)25-21(20)18-10-14(2)7-8-17(18)5/h7-8,10,15-16,21H,6,9,11-13H2,1-5H3,(H2,24,25,28)/t15-,16-,21-/m1/s1. The number of amides is 2. The predicted molar refractivity (Wildman–Crippen MR) is 113 cm³/mol. The molecule has 1 saturated heterocycles. The summed E-state index contributed by atoms with van der Waals surface area (Å²) in [6.07, 6.45) is 1.21. The van der Waals surface area contributed by atoms with Crippen molar-refractivity contribution in [2.45, 2.75) is 47.1 Å². The topological polar surface area (TPSA) is 70.7 Å². The van der Waals surface area contributed by atoms with Gasteiger partial charge in [-0.15, -0.1) is 0 Å². The van der Waals surface area contributed by atoms with Gasteiger partial charge in [-0.25, -0.2) is 9.59 Å². The Kier molecular flexibility index (Phi) is 6.63. The summed E-state index contributed by atoms with van der Waals surface area (Å²) in [6, 6.07) is 5.30. The van der Waals surface area contributed by atoms with E-state index in [4.69, 9.17) is 4.74 Å². The first kappa shape index (κ1) is 21.4. The fraction of sp³-hybridized carbons (Fsp3) is 0.565. The van der Waals surface area contributed by atoms with Crippen molar-refractivity contribution in [3.05, 3.63) is 46.2 Å². The highest BCUT2D eigenvalue weighted by molar-refractivity contribution is 5.95. The molecule has 1 fully saturated rings. The molecule has 0 aromatic heterocycles. The van der Waals surface area contributed by atoms with Gasteiger partial charge in [-0.2, -0.15) is 0 Å². The van der Waals surface area contributed by atoms with Crippen LogP contribution < -0.4 is 10.6 Å². The average Bonchev–Trinajstić information content (AvgIpc) is 2.62. The fourth-order valence-electron chi connectivity index (χ4n) is 4.64. The van der Waals surface area contributed by atoms with Crippen molar-refractivity contribution in [2.24, 2.45) is 11.8 Å². The number of aryl methyl sites for hydroxylation is 2. The van der Waals surface area contributed by atoms with E-state index in [-0.39, 0.29) is 12.0 Å². The third-order valence-corrected chi connectivity index (χ3v) is 5.72. The number of ether oxygens (including phenoxy) is 1. The van der Waals surface area contributed by atoms with Gasteiger partial charge in [-0.1, -0.05) is 37.6 Å². The average molecular weight is 400 g/mol. The van der Waals surface area contributed by atoms with E-state index in [1.54, 1.807) is 6.92 Å². The smallest absolute Gasteiger partial charge is 0.338 e. The minimum absolute atomic E-state index is 0.280. The summed E-state index contributed by atoms with van der Waals surface area (Å²) in [6.45, 7) is 13.1. The fourth-order valence-corrected chi connectivity index (χ4v) is 4.64. The van der Waals surface area contributed by atoms with Crippen LogP contribution in [0, 0.1) is 25.7 Å². The van der Waals surface area contributed by atoms with E-state index in [1.165, 1.54) is 6.42 Å². The van der Waals surface area contributed by atoms with Crippen molar-refractivity contribution in [3.8, 4) is 0 Å². The van der Waals surface area contributed by atoms with Gasteiger partial charge < -0.3 is 15.4 Å². The molecule has 0 aliphatic carbocycles. The van der Waals surface area contributed by atoms with Crippen LogP contribution in [0.4, 0.5) is 4.79 Å². The maximum absolute atomic E-state index is 13.0. The van der Waals surface area contributed by atoms with Gasteiger partial charge in [0.15, 0.2) is 0 Å². The molecule has 2 amide bonds. The number of carbonyl (C=O) groups is 2. The van der Waals surface area contributed by atoms with Crippen molar-refractivity contribution in [2.75, 3.05) is 26.2 Å². The van der Waals surface area contributed by atoms with Crippen LogP contribution in [0.15, 0.2) is 29.5 Å². The Bertz CT molecular complexity index is 808. The van der Waals surface area contributed by atoms with E-state index in [0.717, 1.165) is 29.8 Å². The van der Waals surface area contributed by atoms with Gasteiger partial charge in [-0.05, 0) is 50.2 Å². The first-order valence-electron chi connectivity index (χ1n) is 10.6. The molecule has 3 rings (SSSR count). The Morgan fingerprint density at radius 3 is 2.55 bits per heavy atom. The predicted octanol–water partition coefficient (Wildman–Crippen LogP) is 3.45. The Hall–Kier alpha value is -2.34. The largest absolute Gasteiger partial charge is 0.463 e. The number of nitrogens with zero attached hydrogens (tertiary/aromatic N) is 1. The number of hydrogen-bond donors (Lipinski definition) is 2. The van der Waals surface area contributed by atoms with E-state index in [9.17, 15) is 9.59 Å². The van der Waals surface area contributed by atoms with Gasteiger partial charge in [0, 0.05) is 25.3 Å². The second-order valence-corrected chi connectivity index (χ2v) is 8.64. The molecular formula is C23H33N3O3. The van der Waals surface area contributed by atoms with Gasteiger partial charge in [0.1, 0.15) is 0 Å². The molecule has 2 aliphatic rings.